The molecule has 5 heteroatoms. The van der Waals surface area contributed by atoms with Gasteiger partial charge in [0.1, 0.15) is 5.82 Å². The first-order chi connectivity index (χ1) is 10.1. The Balaban J connectivity index is 2.09. The van der Waals surface area contributed by atoms with Gasteiger partial charge in [-0.05, 0) is 36.1 Å². The van der Waals surface area contributed by atoms with Crippen LogP contribution in [0, 0.1) is 5.82 Å². The van der Waals surface area contributed by atoms with Gasteiger partial charge in [-0.1, -0.05) is 23.7 Å². The molecule has 0 amide bonds. The van der Waals surface area contributed by atoms with E-state index in [1.54, 1.807) is 17.8 Å². The van der Waals surface area contributed by atoms with Gasteiger partial charge in [0.15, 0.2) is 0 Å². The molecule has 1 heterocycles. The summed E-state index contributed by atoms with van der Waals surface area (Å²) in [6, 6.07) is 10.8. The molecule has 0 aliphatic rings. The van der Waals surface area contributed by atoms with Crippen LogP contribution in [0.3, 0.4) is 0 Å². The predicted octanol–water partition coefficient (Wildman–Crippen LogP) is 4.79. The Morgan fingerprint density at radius 1 is 1.29 bits per heavy atom. The minimum Gasteiger partial charge on any atom is -0.399 e. The van der Waals surface area contributed by atoms with Crippen LogP contribution in [-0.2, 0) is 6.54 Å². The lowest BCUT2D eigenvalue weighted by Gasteiger charge is -2.09. The van der Waals surface area contributed by atoms with E-state index < -0.39 is 5.82 Å². The molecule has 0 fully saturated rings. The third-order valence-corrected chi connectivity index (χ3v) is 4.67. The largest absolute Gasteiger partial charge is 0.399 e. The normalized spacial score (nSPS) is 11.2. The number of rotatable bonds is 3. The first kappa shape index (κ1) is 14.3. The minimum atomic E-state index is -0.394. The second-order valence-corrected chi connectivity index (χ2v) is 6.04. The van der Waals surface area contributed by atoms with Crippen molar-refractivity contribution in [2.75, 3.05) is 12.0 Å². The van der Waals surface area contributed by atoms with Crippen molar-refractivity contribution in [2.45, 2.75) is 11.4 Å². The van der Waals surface area contributed by atoms with E-state index in [1.807, 2.05) is 41.3 Å². The Morgan fingerprint density at radius 2 is 2.10 bits per heavy atom. The summed E-state index contributed by atoms with van der Waals surface area (Å²) in [5, 5.41) is 1.32. The quantitative estimate of drug-likeness (QED) is 0.556. The fraction of sp³-hybridized carbons (Fsp3) is 0.125. The van der Waals surface area contributed by atoms with Crippen LogP contribution in [-0.4, -0.2) is 10.8 Å². The van der Waals surface area contributed by atoms with Gasteiger partial charge in [0.05, 0.1) is 10.5 Å². The first-order valence-corrected chi connectivity index (χ1v) is 8.05. The lowest BCUT2D eigenvalue weighted by molar-refractivity contribution is 0.624. The Bertz CT molecular complexity index is 813. The van der Waals surface area contributed by atoms with E-state index in [4.69, 9.17) is 17.3 Å². The van der Waals surface area contributed by atoms with Crippen LogP contribution in [0.25, 0.3) is 10.9 Å². The van der Waals surface area contributed by atoms with Gasteiger partial charge in [-0.15, -0.1) is 11.8 Å². The molecule has 0 aliphatic carbocycles. The molecule has 3 rings (SSSR count). The Kier molecular flexibility index (Phi) is 3.83. The molecule has 0 saturated heterocycles. The molecule has 0 saturated carbocycles. The number of nitrogens with two attached hydrogens (primary N) is 1. The number of nitrogens with zero attached hydrogens (tertiary/aromatic N) is 1. The van der Waals surface area contributed by atoms with Crippen molar-refractivity contribution in [3.63, 3.8) is 0 Å². The second-order valence-electron chi connectivity index (χ2n) is 4.81. The van der Waals surface area contributed by atoms with Crippen molar-refractivity contribution in [3.05, 3.63) is 59.0 Å². The minimum absolute atomic E-state index is 0.174. The van der Waals surface area contributed by atoms with Crippen molar-refractivity contribution in [2.24, 2.45) is 0 Å². The molecule has 0 bridgehead atoms. The van der Waals surface area contributed by atoms with Crippen LogP contribution in [0.15, 0.2) is 47.5 Å². The highest BCUT2D eigenvalue weighted by molar-refractivity contribution is 7.98. The molecule has 3 aromatic rings. The number of nitrogen functional groups attached to an aromatic ring is 1. The van der Waals surface area contributed by atoms with Gasteiger partial charge in [-0.25, -0.2) is 4.39 Å². The van der Waals surface area contributed by atoms with E-state index in [2.05, 4.69) is 0 Å². The van der Waals surface area contributed by atoms with Crippen molar-refractivity contribution in [1.29, 1.82) is 0 Å². The summed E-state index contributed by atoms with van der Waals surface area (Å²) in [6.07, 6.45) is 4.00. The van der Waals surface area contributed by atoms with E-state index in [-0.39, 0.29) is 5.02 Å². The molecule has 108 valence electrons. The predicted molar refractivity (Wildman–Crippen MR) is 88.6 cm³/mol. The average Bonchev–Trinajstić information content (AvgIpc) is 2.86. The van der Waals surface area contributed by atoms with Crippen LogP contribution >= 0.6 is 23.4 Å². The fourth-order valence-corrected chi connectivity index (χ4v) is 3.28. The van der Waals surface area contributed by atoms with Gasteiger partial charge < -0.3 is 10.3 Å². The highest BCUT2D eigenvalue weighted by atomic mass is 35.5. The second kappa shape index (κ2) is 5.62. The third kappa shape index (κ3) is 2.61. The SMILES string of the molecule is CSc1cc(N)cc2c1ccn2Cc1cccc(F)c1Cl. The number of hydrogen-bond acceptors (Lipinski definition) is 2. The van der Waals surface area contributed by atoms with Crippen molar-refractivity contribution < 1.29 is 4.39 Å². The highest BCUT2D eigenvalue weighted by Crippen LogP contribution is 2.31. The zero-order valence-corrected chi connectivity index (χ0v) is 13.0. The standard InChI is InChI=1S/C16H14ClFN2S/c1-21-15-8-11(19)7-14-12(15)5-6-20(14)9-10-3-2-4-13(18)16(10)17/h2-8H,9,19H2,1H3. The molecular formula is C16H14ClFN2S. The monoisotopic (exact) mass is 320 g/mol. The highest BCUT2D eigenvalue weighted by Gasteiger charge is 2.10. The van der Waals surface area contributed by atoms with E-state index in [0.717, 1.165) is 27.0 Å². The summed E-state index contributed by atoms with van der Waals surface area (Å²) >= 11 is 7.69. The van der Waals surface area contributed by atoms with Gasteiger partial charge in [-0.2, -0.15) is 0 Å². The molecule has 1 aromatic heterocycles. The maximum atomic E-state index is 13.5. The van der Waals surface area contributed by atoms with Crippen LogP contribution < -0.4 is 5.73 Å². The summed E-state index contributed by atoms with van der Waals surface area (Å²) in [5.74, 6) is -0.394. The fourth-order valence-electron chi connectivity index (χ4n) is 2.44. The molecule has 0 atom stereocenters. The number of benzene rings is 2. The first-order valence-electron chi connectivity index (χ1n) is 6.45. The van der Waals surface area contributed by atoms with E-state index in [0.29, 0.717) is 6.54 Å². The van der Waals surface area contributed by atoms with Crippen LogP contribution in [0.1, 0.15) is 5.56 Å². The number of halogens is 2. The molecule has 21 heavy (non-hydrogen) atoms. The summed E-state index contributed by atoms with van der Waals surface area (Å²) in [5.41, 5.74) is 8.46. The third-order valence-electron chi connectivity index (χ3n) is 3.47. The Morgan fingerprint density at radius 3 is 2.86 bits per heavy atom. The molecular weight excluding hydrogens is 307 g/mol. The van der Waals surface area contributed by atoms with Gasteiger partial charge >= 0.3 is 0 Å². The lowest BCUT2D eigenvalue weighted by atomic mass is 10.2. The summed E-state index contributed by atoms with van der Waals surface area (Å²) < 4.78 is 15.6. The zero-order chi connectivity index (χ0) is 15.0. The molecule has 2 aromatic carbocycles. The number of thioether (sulfide) groups is 1. The number of aromatic nitrogens is 1. The zero-order valence-electron chi connectivity index (χ0n) is 11.4. The van der Waals surface area contributed by atoms with E-state index in [9.17, 15) is 4.39 Å². The maximum absolute atomic E-state index is 13.5. The van der Waals surface area contributed by atoms with Gasteiger partial charge in [0.25, 0.3) is 0 Å². The average molecular weight is 321 g/mol. The van der Waals surface area contributed by atoms with Gasteiger partial charge in [0, 0.05) is 28.7 Å². The molecule has 2 N–H and O–H groups in total. The summed E-state index contributed by atoms with van der Waals surface area (Å²) in [4.78, 5) is 1.13. The molecule has 0 radical (unpaired) electrons. The number of fused-ring (bicyclic) bond motifs is 1. The Hall–Kier alpha value is -1.65. The molecule has 0 unspecified atom stereocenters. The molecule has 0 spiro atoms. The van der Waals surface area contributed by atoms with Crippen molar-refractivity contribution >= 4 is 40.0 Å². The van der Waals surface area contributed by atoms with Crippen LogP contribution in [0.5, 0.6) is 0 Å². The van der Waals surface area contributed by atoms with E-state index >= 15 is 0 Å². The van der Waals surface area contributed by atoms with Gasteiger partial charge in [0.2, 0.25) is 0 Å². The maximum Gasteiger partial charge on any atom is 0.142 e. The Labute approximate surface area is 131 Å². The van der Waals surface area contributed by atoms with Crippen LogP contribution in [0.2, 0.25) is 5.02 Å². The van der Waals surface area contributed by atoms with Crippen molar-refractivity contribution in [3.8, 4) is 0 Å². The number of anilines is 1. The summed E-state index contributed by atoms with van der Waals surface area (Å²) in [6.45, 7) is 0.511. The summed E-state index contributed by atoms with van der Waals surface area (Å²) in [7, 11) is 0. The molecule has 0 aliphatic heterocycles. The van der Waals surface area contributed by atoms with Gasteiger partial charge in [-0.3, -0.25) is 0 Å². The smallest absolute Gasteiger partial charge is 0.142 e. The number of hydrogen-bond donors (Lipinski definition) is 1. The van der Waals surface area contributed by atoms with Crippen LogP contribution in [0.4, 0.5) is 10.1 Å². The van der Waals surface area contributed by atoms with E-state index in [1.165, 1.54) is 6.07 Å². The molecule has 2 nitrogen and oxygen atoms in total. The topological polar surface area (TPSA) is 30.9 Å². The van der Waals surface area contributed by atoms with Crippen molar-refractivity contribution in [1.82, 2.24) is 4.57 Å². The lowest BCUT2D eigenvalue weighted by Crippen LogP contribution is -2.00.